The first-order chi connectivity index (χ1) is 7.68. The van der Waals surface area contributed by atoms with Crippen LogP contribution >= 0.6 is 0 Å². The molecule has 0 radical (unpaired) electrons. The lowest BCUT2D eigenvalue weighted by Crippen LogP contribution is -2.46. The molecule has 0 aliphatic carbocycles. The van der Waals surface area contributed by atoms with Crippen molar-refractivity contribution in [2.24, 2.45) is 0 Å². The molecule has 1 atom stereocenters. The molecule has 1 saturated heterocycles. The first-order valence-electron chi connectivity index (χ1n) is 5.30. The van der Waals surface area contributed by atoms with Crippen molar-refractivity contribution in [3.8, 4) is 0 Å². The molecule has 0 bridgehead atoms. The van der Waals surface area contributed by atoms with E-state index in [9.17, 15) is 9.18 Å². The average Bonchev–Trinajstić information content (AvgIpc) is 2.32. The summed E-state index contributed by atoms with van der Waals surface area (Å²) in [6.45, 7) is 3.43. The van der Waals surface area contributed by atoms with Crippen molar-refractivity contribution in [3.05, 3.63) is 35.1 Å². The van der Waals surface area contributed by atoms with Crippen LogP contribution in [-0.4, -0.2) is 31.6 Å². The number of carbonyl (C=O) groups excluding carboxylic acids is 1. The Hall–Kier alpha value is -1.26. The smallest absolute Gasteiger partial charge is 0.182 e. The zero-order chi connectivity index (χ0) is 11.5. The van der Waals surface area contributed by atoms with Gasteiger partial charge in [0.05, 0.1) is 19.3 Å². The molecule has 1 aromatic rings. The minimum atomic E-state index is -0.384. The van der Waals surface area contributed by atoms with Crippen molar-refractivity contribution in [1.82, 2.24) is 5.32 Å². The van der Waals surface area contributed by atoms with E-state index in [4.69, 9.17) is 4.74 Å². The van der Waals surface area contributed by atoms with Gasteiger partial charge in [0.25, 0.3) is 0 Å². The lowest BCUT2D eigenvalue weighted by atomic mass is 9.99. The molecule has 0 saturated carbocycles. The molecule has 2 rings (SSSR count). The van der Waals surface area contributed by atoms with Crippen molar-refractivity contribution in [1.29, 1.82) is 0 Å². The van der Waals surface area contributed by atoms with Crippen molar-refractivity contribution >= 4 is 5.78 Å². The summed E-state index contributed by atoms with van der Waals surface area (Å²) in [5, 5.41) is 3.07. The van der Waals surface area contributed by atoms with Gasteiger partial charge in [-0.1, -0.05) is 6.07 Å². The number of morpholine rings is 1. The molecule has 1 aliphatic rings. The van der Waals surface area contributed by atoms with Crippen LogP contribution in [0.5, 0.6) is 0 Å². The second-order valence-electron chi connectivity index (χ2n) is 3.91. The Morgan fingerprint density at radius 2 is 2.38 bits per heavy atom. The molecule has 0 aromatic heterocycles. The number of halogens is 1. The summed E-state index contributed by atoms with van der Waals surface area (Å²) >= 11 is 0. The van der Waals surface area contributed by atoms with Gasteiger partial charge in [-0.2, -0.15) is 0 Å². The molecule has 1 aromatic carbocycles. The van der Waals surface area contributed by atoms with Gasteiger partial charge in [-0.05, 0) is 24.6 Å². The quantitative estimate of drug-likeness (QED) is 0.768. The Morgan fingerprint density at radius 3 is 3.06 bits per heavy atom. The minimum absolute atomic E-state index is 0.100. The molecule has 1 heterocycles. The Kier molecular flexibility index (Phi) is 3.31. The van der Waals surface area contributed by atoms with Crippen LogP contribution in [0.25, 0.3) is 0 Å². The molecule has 16 heavy (non-hydrogen) atoms. The minimum Gasteiger partial charge on any atom is -0.378 e. The van der Waals surface area contributed by atoms with E-state index in [-0.39, 0.29) is 17.6 Å². The second kappa shape index (κ2) is 4.72. The number of Topliss-reactive ketones (excluding diaryl/α,β-unsaturated/α-hetero) is 1. The zero-order valence-electron chi connectivity index (χ0n) is 9.13. The number of hydrogen-bond donors (Lipinski definition) is 1. The molecule has 1 unspecified atom stereocenters. The van der Waals surface area contributed by atoms with Gasteiger partial charge >= 0.3 is 0 Å². The number of nitrogens with one attached hydrogen (secondary N) is 1. The molecule has 1 fully saturated rings. The van der Waals surface area contributed by atoms with Crippen LogP contribution < -0.4 is 5.32 Å². The highest BCUT2D eigenvalue weighted by Crippen LogP contribution is 2.13. The van der Waals surface area contributed by atoms with E-state index in [2.05, 4.69) is 5.32 Å². The molecule has 1 N–H and O–H groups in total. The number of aryl methyl sites for hydroxylation is 1. The average molecular weight is 223 g/mol. The molecule has 1 aliphatic heterocycles. The standard InChI is InChI=1S/C12H14FNO2/c1-8-2-3-9(13)6-10(8)12(15)11-7-16-5-4-14-11/h2-3,6,11,14H,4-5,7H2,1H3. The Bertz CT molecular complexity index is 400. The van der Waals surface area contributed by atoms with Gasteiger partial charge in [-0.3, -0.25) is 4.79 Å². The number of ketones is 1. The van der Waals surface area contributed by atoms with Crippen LogP contribution in [0.2, 0.25) is 0 Å². The van der Waals surface area contributed by atoms with E-state index in [0.717, 1.165) is 5.56 Å². The first-order valence-corrected chi connectivity index (χ1v) is 5.30. The van der Waals surface area contributed by atoms with Gasteiger partial charge in [0.15, 0.2) is 5.78 Å². The number of carbonyl (C=O) groups is 1. The third-order valence-corrected chi connectivity index (χ3v) is 2.70. The fraction of sp³-hybridized carbons (Fsp3) is 0.417. The highest BCUT2D eigenvalue weighted by Gasteiger charge is 2.23. The van der Waals surface area contributed by atoms with Gasteiger partial charge in [-0.25, -0.2) is 4.39 Å². The maximum Gasteiger partial charge on any atom is 0.182 e. The molecular weight excluding hydrogens is 209 g/mol. The van der Waals surface area contributed by atoms with Crippen LogP contribution in [0, 0.1) is 12.7 Å². The van der Waals surface area contributed by atoms with E-state index in [1.54, 1.807) is 13.0 Å². The highest BCUT2D eigenvalue weighted by molar-refractivity contribution is 6.01. The number of benzene rings is 1. The van der Waals surface area contributed by atoms with Crippen LogP contribution in [0.15, 0.2) is 18.2 Å². The summed E-state index contributed by atoms with van der Waals surface area (Å²) < 4.78 is 18.3. The molecule has 0 spiro atoms. The predicted octanol–water partition coefficient (Wildman–Crippen LogP) is 1.31. The normalized spacial score (nSPS) is 20.8. The summed E-state index contributed by atoms with van der Waals surface area (Å²) in [4.78, 5) is 12.1. The molecule has 3 nitrogen and oxygen atoms in total. The number of ether oxygens (including phenoxy) is 1. The summed E-state index contributed by atoms with van der Waals surface area (Å²) in [5.74, 6) is -0.484. The largest absolute Gasteiger partial charge is 0.378 e. The van der Waals surface area contributed by atoms with Gasteiger partial charge in [-0.15, -0.1) is 0 Å². The Balaban J connectivity index is 2.22. The summed E-state index contributed by atoms with van der Waals surface area (Å²) in [6.07, 6.45) is 0. The van der Waals surface area contributed by atoms with Gasteiger partial charge in [0, 0.05) is 12.1 Å². The zero-order valence-corrected chi connectivity index (χ0v) is 9.13. The first kappa shape index (κ1) is 11.2. The van der Waals surface area contributed by atoms with Crippen LogP contribution in [0.4, 0.5) is 4.39 Å². The lowest BCUT2D eigenvalue weighted by Gasteiger charge is -2.23. The van der Waals surface area contributed by atoms with E-state index in [0.29, 0.717) is 25.3 Å². The highest BCUT2D eigenvalue weighted by atomic mass is 19.1. The summed E-state index contributed by atoms with van der Waals surface area (Å²) in [7, 11) is 0. The van der Waals surface area contributed by atoms with E-state index in [1.807, 2.05) is 0 Å². The van der Waals surface area contributed by atoms with Crippen LogP contribution in [0.1, 0.15) is 15.9 Å². The van der Waals surface area contributed by atoms with Gasteiger partial charge in [0.2, 0.25) is 0 Å². The van der Waals surface area contributed by atoms with Gasteiger partial charge in [0.1, 0.15) is 5.82 Å². The Morgan fingerprint density at radius 1 is 1.56 bits per heavy atom. The van der Waals surface area contributed by atoms with E-state index < -0.39 is 0 Å². The second-order valence-corrected chi connectivity index (χ2v) is 3.91. The molecule has 0 amide bonds. The third-order valence-electron chi connectivity index (χ3n) is 2.70. The summed E-state index contributed by atoms with van der Waals surface area (Å²) in [6, 6.07) is 3.91. The molecule has 86 valence electrons. The summed E-state index contributed by atoms with van der Waals surface area (Å²) in [5.41, 5.74) is 1.22. The maximum absolute atomic E-state index is 13.1. The van der Waals surface area contributed by atoms with Crippen molar-refractivity contribution in [3.63, 3.8) is 0 Å². The maximum atomic E-state index is 13.1. The Labute approximate surface area is 93.6 Å². The van der Waals surface area contributed by atoms with Gasteiger partial charge < -0.3 is 10.1 Å². The monoisotopic (exact) mass is 223 g/mol. The van der Waals surface area contributed by atoms with Crippen LogP contribution in [-0.2, 0) is 4.74 Å². The predicted molar refractivity (Wildman–Crippen MR) is 58.1 cm³/mol. The number of hydrogen-bond acceptors (Lipinski definition) is 3. The van der Waals surface area contributed by atoms with E-state index >= 15 is 0 Å². The lowest BCUT2D eigenvalue weighted by molar-refractivity contribution is 0.0607. The SMILES string of the molecule is Cc1ccc(F)cc1C(=O)C1COCCN1. The molecular formula is C12H14FNO2. The van der Waals surface area contributed by atoms with Crippen molar-refractivity contribution < 1.29 is 13.9 Å². The van der Waals surface area contributed by atoms with Crippen molar-refractivity contribution in [2.45, 2.75) is 13.0 Å². The fourth-order valence-electron chi connectivity index (χ4n) is 1.78. The molecule has 4 heteroatoms. The van der Waals surface area contributed by atoms with Crippen LogP contribution in [0.3, 0.4) is 0 Å². The van der Waals surface area contributed by atoms with E-state index in [1.165, 1.54) is 12.1 Å². The third kappa shape index (κ3) is 2.28. The fourth-order valence-corrected chi connectivity index (χ4v) is 1.78. The topological polar surface area (TPSA) is 38.3 Å². The van der Waals surface area contributed by atoms with Crippen molar-refractivity contribution in [2.75, 3.05) is 19.8 Å². The number of rotatable bonds is 2.